The molecule has 1 aromatic heterocycles. The molecule has 1 aromatic carbocycles. The van der Waals surface area contributed by atoms with Crippen molar-refractivity contribution in [2.75, 3.05) is 5.32 Å². The zero-order valence-corrected chi connectivity index (χ0v) is 16.2. The highest BCUT2D eigenvalue weighted by Gasteiger charge is 2.48. The van der Waals surface area contributed by atoms with E-state index < -0.39 is 23.9 Å². The van der Waals surface area contributed by atoms with E-state index in [0.717, 1.165) is 11.4 Å². The van der Waals surface area contributed by atoms with Gasteiger partial charge in [-0.15, -0.1) is 0 Å². The van der Waals surface area contributed by atoms with Crippen molar-refractivity contribution < 1.29 is 18.0 Å². The van der Waals surface area contributed by atoms with Crippen LogP contribution in [0.2, 0.25) is 0 Å². The van der Waals surface area contributed by atoms with Crippen LogP contribution in [-0.4, -0.2) is 21.6 Å². The number of imidazole rings is 1. The number of nitrogens with one attached hydrogen (secondary N) is 1. The summed E-state index contributed by atoms with van der Waals surface area (Å²) in [6.07, 6.45) is 0.801. The number of alkyl halides is 3. The molecule has 2 atom stereocenters. The summed E-state index contributed by atoms with van der Waals surface area (Å²) in [7, 11) is 0. The number of nitrogens with zero attached hydrogens (tertiary/aromatic N) is 2. The average Bonchev–Trinajstić information content (AvgIpc) is 3.09. The zero-order valence-electron chi connectivity index (χ0n) is 16.2. The molecule has 0 aliphatic heterocycles. The molecule has 0 bridgehead atoms. The standard InChI is InChI=1S/C21H26F3N3O/c1-14(2)19-25-10-11-27(19)13-15-6-5-7-16(12-15)26-20(28)17-8-3-4-9-18(17)21(22,23)24/h5-7,10-12,14,17-18H,3-4,8-9,13H2,1-2H3,(H,26,28). The lowest BCUT2D eigenvalue weighted by atomic mass is 9.78. The summed E-state index contributed by atoms with van der Waals surface area (Å²) in [5, 5.41) is 2.71. The first kappa shape index (κ1) is 20.4. The first-order chi connectivity index (χ1) is 13.3. The molecular formula is C21H26F3N3O. The van der Waals surface area contributed by atoms with Gasteiger partial charge in [-0.05, 0) is 30.5 Å². The van der Waals surface area contributed by atoms with Crippen LogP contribution in [0.1, 0.15) is 56.8 Å². The Bertz CT molecular complexity index is 813. The molecule has 1 saturated carbocycles. The predicted molar refractivity (Wildman–Crippen MR) is 102 cm³/mol. The van der Waals surface area contributed by atoms with Crippen LogP contribution in [0.25, 0.3) is 0 Å². The Kier molecular flexibility index (Phi) is 6.10. The van der Waals surface area contributed by atoms with Gasteiger partial charge in [-0.2, -0.15) is 13.2 Å². The Labute approximate surface area is 163 Å². The number of rotatable bonds is 5. The number of hydrogen-bond acceptors (Lipinski definition) is 2. The van der Waals surface area contributed by atoms with Crippen molar-refractivity contribution in [3.8, 4) is 0 Å². The van der Waals surface area contributed by atoms with Gasteiger partial charge < -0.3 is 9.88 Å². The van der Waals surface area contributed by atoms with E-state index in [1.54, 1.807) is 18.3 Å². The fourth-order valence-electron chi connectivity index (χ4n) is 3.97. The number of anilines is 1. The third-order valence-corrected chi connectivity index (χ3v) is 5.33. The molecule has 152 valence electrons. The monoisotopic (exact) mass is 393 g/mol. The number of carbonyl (C=O) groups excluding carboxylic acids is 1. The Morgan fingerprint density at radius 2 is 2.04 bits per heavy atom. The van der Waals surface area contributed by atoms with E-state index >= 15 is 0 Å². The molecule has 4 nitrogen and oxygen atoms in total. The largest absolute Gasteiger partial charge is 0.392 e. The minimum absolute atomic E-state index is 0.0280. The van der Waals surface area contributed by atoms with Crippen molar-refractivity contribution >= 4 is 11.6 Å². The minimum Gasteiger partial charge on any atom is -0.330 e. The summed E-state index contributed by atoms with van der Waals surface area (Å²) in [5.41, 5.74) is 1.48. The summed E-state index contributed by atoms with van der Waals surface area (Å²) in [5.74, 6) is -1.86. The van der Waals surface area contributed by atoms with E-state index in [4.69, 9.17) is 0 Å². The van der Waals surface area contributed by atoms with E-state index in [1.807, 2.05) is 22.9 Å². The fourth-order valence-corrected chi connectivity index (χ4v) is 3.97. The highest BCUT2D eigenvalue weighted by atomic mass is 19.4. The number of benzene rings is 1. The van der Waals surface area contributed by atoms with E-state index in [9.17, 15) is 18.0 Å². The van der Waals surface area contributed by atoms with Crippen LogP contribution in [0, 0.1) is 11.8 Å². The molecule has 0 saturated heterocycles. The highest BCUT2D eigenvalue weighted by Crippen LogP contribution is 2.41. The lowest BCUT2D eigenvalue weighted by molar-refractivity contribution is -0.197. The average molecular weight is 393 g/mol. The zero-order chi connectivity index (χ0) is 20.3. The Morgan fingerprint density at radius 1 is 1.29 bits per heavy atom. The molecular weight excluding hydrogens is 367 g/mol. The van der Waals surface area contributed by atoms with Gasteiger partial charge in [0, 0.05) is 36.5 Å². The van der Waals surface area contributed by atoms with Crippen molar-refractivity contribution in [1.29, 1.82) is 0 Å². The summed E-state index contributed by atoms with van der Waals surface area (Å²) in [4.78, 5) is 16.9. The van der Waals surface area contributed by atoms with Gasteiger partial charge >= 0.3 is 6.18 Å². The summed E-state index contributed by atoms with van der Waals surface area (Å²) >= 11 is 0. The minimum atomic E-state index is -4.33. The van der Waals surface area contributed by atoms with Crippen molar-refractivity contribution in [2.45, 2.75) is 58.2 Å². The second-order valence-electron chi connectivity index (χ2n) is 7.80. The van der Waals surface area contributed by atoms with Crippen LogP contribution in [-0.2, 0) is 11.3 Å². The van der Waals surface area contributed by atoms with Crippen LogP contribution < -0.4 is 5.32 Å². The maximum Gasteiger partial charge on any atom is 0.392 e. The number of hydrogen-bond donors (Lipinski definition) is 1. The molecule has 28 heavy (non-hydrogen) atoms. The third kappa shape index (κ3) is 4.75. The maximum atomic E-state index is 13.3. The molecule has 2 aromatic rings. The number of amides is 1. The second-order valence-corrected chi connectivity index (χ2v) is 7.80. The molecule has 1 fully saturated rings. The molecule has 3 rings (SSSR count). The Hall–Kier alpha value is -2.31. The molecule has 2 unspecified atom stereocenters. The molecule has 1 amide bonds. The third-order valence-electron chi connectivity index (χ3n) is 5.33. The van der Waals surface area contributed by atoms with Gasteiger partial charge in [-0.1, -0.05) is 38.8 Å². The van der Waals surface area contributed by atoms with Gasteiger partial charge in [0.05, 0.1) is 5.92 Å². The number of halogens is 3. The molecule has 1 heterocycles. The van der Waals surface area contributed by atoms with E-state index in [1.165, 1.54) is 0 Å². The van der Waals surface area contributed by atoms with E-state index in [0.29, 0.717) is 25.1 Å². The topological polar surface area (TPSA) is 46.9 Å². The van der Waals surface area contributed by atoms with Crippen LogP contribution in [0.4, 0.5) is 18.9 Å². The second kappa shape index (κ2) is 8.37. The quantitative estimate of drug-likeness (QED) is 0.743. The first-order valence-electron chi connectivity index (χ1n) is 9.73. The fraction of sp³-hybridized carbons (Fsp3) is 0.524. The molecule has 7 heteroatoms. The number of aromatic nitrogens is 2. The van der Waals surface area contributed by atoms with Crippen LogP contribution in [0.5, 0.6) is 0 Å². The molecule has 1 aliphatic rings. The van der Waals surface area contributed by atoms with Crippen LogP contribution in [0.3, 0.4) is 0 Å². The summed E-state index contributed by atoms with van der Waals surface area (Å²) in [6.45, 7) is 4.72. The highest BCUT2D eigenvalue weighted by molar-refractivity contribution is 5.92. The Balaban J connectivity index is 1.72. The van der Waals surface area contributed by atoms with Gasteiger partial charge in [0.25, 0.3) is 0 Å². The van der Waals surface area contributed by atoms with Gasteiger partial charge in [0.15, 0.2) is 0 Å². The van der Waals surface area contributed by atoms with Crippen molar-refractivity contribution in [2.24, 2.45) is 11.8 Å². The van der Waals surface area contributed by atoms with Crippen molar-refractivity contribution in [3.05, 3.63) is 48.0 Å². The lowest BCUT2D eigenvalue weighted by Gasteiger charge is -2.32. The lowest BCUT2D eigenvalue weighted by Crippen LogP contribution is -2.39. The molecule has 1 aliphatic carbocycles. The SMILES string of the molecule is CC(C)c1nccn1Cc1cccc(NC(=O)C2CCCCC2C(F)(F)F)c1. The normalized spacial score (nSPS) is 20.4. The van der Waals surface area contributed by atoms with E-state index in [-0.39, 0.29) is 18.8 Å². The smallest absolute Gasteiger partial charge is 0.330 e. The first-order valence-corrected chi connectivity index (χ1v) is 9.73. The van der Waals surface area contributed by atoms with Gasteiger partial charge in [0.2, 0.25) is 5.91 Å². The maximum absolute atomic E-state index is 13.3. The van der Waals surface area contributed by atoms with Gasteiger partial charge in [-0.25, -0.2) is 4.98 Å². The summed E-state index contributed by atoms with van der Waals surface area (Å²) < 4.78 is 41.9. The van der Waals surface area contributed by atoms with E-state index in [2.05, 4.69) is 24.1 Å². The van der Waals surface area contributed by atoms with Crippen LogP contribution >= 0.6 is 0 Å². The van der Waals surface area contributed by atoms with Gasteiger partial charge in [0.1, 0.15) is 5.82 Å². The van der Waals surface area contributed by atoms with Crippen LogP contribution in [0.15, 0.2) is 36.7 Å². The predicted octanol–water partition coefficient (Wildman–Crippen LogP) is 5.36. The molecule has 0 radical (unpaired) electrons. The molecule has 1 N–H and O–H groups in total. The van der Waals surface area contributed by atoms with Crippen molar-refractivity contribution in [3.63, 3.8) is 0 Å². The van der Waals surface area contributed by atoms with Crippen molar-refractivity contribution in [1.82, 2.24) is 9.55 Å². The number of carbonyl (C=O) groups is 1. The van der Waals surface area contributed by atoms with Gasteiger partial charge in [-0.3, -0.25) is 4.79 Å². The Morgan fingerprint density at radius 3 is 2.75 bits per heavy atom. The summed E-state index contributed by atoms with van der Waals surface area (Å²) in [6, 6.07) is 7.26. The molecule has 0 spiro atoms.